The lowest BCUT2D eigenvalue weighted by molar-refractivity contribution is 0.569. The van der Waals surface area contributed by atoms with Gasteiger partial charge in [0.15, 0.2) is 0 Å². The van der Waals surface area contributed by atoms with Crippen LogP contribution in [0.25, 0.3) is 0 Å². The van der Waals surface area contributed by atoms with Crippen LogP contribution in [-0.4, -0.2) is 8.42 Å². The molecule has 0 saturated heterocycles. The second-order valence-corrected chi connectivity index (χ2v) is 7.87. The summed E-state index contributed by atoms with van der Waals surface area (Å²) in [6.45, 7) is 2.12. The van der Waals surface area contributed by atoms with Crippen molar-refractivity contribution in [3.05, 3.63) is 51.9 Å². The lowest BCUT2D eigenvalue weighted by atomic mass is 10.1. The van der Waals surface area contributed by atoms with E-state index in [0.717, 1.165) is 10.4 Å². The molecule has 0 saturated carbocycles. The first-order valence-corrected chi connectivity index (χ1v) is 8.66. The number of halogens is 1. The van der Waals surface area contributed by atoms with E-state index in [4.69, 9.17) is 17.3 Å². The van der Waals surface area contributed by atoms with Gasteiger partial charge in [-0.2, -0.15) is 0 Å². The van der Waals surface area contributed by atoms with E-state index in [-0.39, 0.29) is 10.3 Å². The van der Waals surface area contributed by atoms with E-state index in [0.29, 0.717) is 11.6 Å². The van der Waals surface area contributed by atoms with E-state index in [1.54, 1.807) is 37.3 Å². The fourth-order valence-corrected chi connectivity index (χ4v) is 4.43. The Morgan fingerprint density at radius 1 is 1.35 bits per heavy atom. The highest BCUT2D eigenvalue weighted by molar-refractivity contribution is 7.91. The molecule has 4 nitrogen and oxygen atoms in total. The molecule has 0 radical (unpaired) electrons. The van der Waals surface area contributed by atoms with Gasteiger partial charge in [-0.15, -0.1) is 11.3 Å². The third-order valence-electron chi connectivity index (χ3n) is 2.78. The molecule has 0 spiro atoms. The second-order valence-electron chi connectivity index (χ2n) is 4.32. The van der Waals surface area contributed by atoms with E-state index in [2.05, 4.69) is 4.72 Å². The summed E-state index contributed by atoms with van der Waals surface area (Å²) in [5.41, 5.74) is 6.31. The van der Waals surface area contributed by atoms with Crippen molar-refractivity contribution >= 4 is 33.0 Å². The van der Waals surface area contributed by atoms with Gasteiger partial charge in [-0.25, -0.2) is 13.1 Å². The normalized spacial score (nSPS) is 13.3. The maximum absolute atomic E-state index is 12.3. The van der Waals surface area contributed by atoms with Crippen LogP contribution in [0.3, 0.4) is 0 Å². The average Bonchev–Trinajstić information content (AvgIpc) is 2.87. The molecule has 0 bridgehead atoms. The number of nitrogens with two attached hydrogens (primary N) is 1. The van der Waals surface area contributed by atoms with E-state index < -0.39 is 10.0 Å². The zero-order chi connectivity index (χ0) is 14.8. The van der Waals surface area contributed by atoms with Crippen molar-refractivity contribution in [3.8, 4) is 0 Å². The smallest absolute Gasteiger partial charge is 0.250 e. The Balaban J connectivity index is 2.19. The predicted octanol–water partition coefficient (Wildman–Crippen LogP) is 2.90. The van der Waals surface area contributed by atoms with Crippen molar-refractivity contribution in [1.29, 1.82) is 0 Å². The fourth-order valence-electron chi connectivity index (χ4n) is 1.75. The van der Waals surface area contributed by atoms with Gasteiger partial charge in [-0.05, 0) is 36.8 Å². The average molecular weight is 331 g/mol. The molecule has 0 aliphatic carbocycles. The molecule has 1 heterocycles. The zero-order valence-corrected chi connectivity index (χ0v) is 13.2. The molecule has 20 heavy (non-hydrogen) atoms. The van der Waals surface area contributed by atoms with Crippen molar-refractivity contribution in [1.82, 2.24) is 4.72 Å². The van der Waals surface area contributed by atoms with Gasteiger partial charge in [0, 0.05) is 22.5 Å². The van der Waals surface area contributed by atoms with Gasteiger partial charge >= 0.3 is 0 Å². The molecular weight excluding hydrogens is 316 g/mol. The van der Waals surface area contributed by atoms with Gasteiger partial charge in [0.25, 0.3) is 10.0 Å². The van der Waals surface area contributed by atoms with Crippen LogP contribution in [0.4, 0.5) is 0 Å². The number of sulfonamides is 1. The van der Waals surface area contributed by atoms with Crippen LogP contribution in [-0.2, 0) is 16.6 Å². The summed E-state index contributed by atoms with van der Waals surface area (Å²) in [6, 6.07) is 10.1. The Morgan fingerprint density at radius 2 is 2.10 bits per heavy atom. The molecule has 7 heteroatoms. The van der Waals surface area contributed by atoms with Gasteiger partial charge in [0.05, 0.1) is 0 Å². The van der Waals surface area contributed by atoms with E-state index in [1.165, 1.54) is 11.3 Å². The summed E-state index contributed by atoms with van der Waals surface area (Å²) >= 11 is 7.09. The Labute approximate surface area is 127 Å². The summed E-state index contributed by atoms with van der Waals surface area (Å²) in [7, 11) is -3.54. The Kier molecular flexibility index (Phi) is 4.82. The Morgan fingerprint density at radius 3 is 2.70 bits per heavy atom. The summed E-state index contributed by atoms with van der Waals surface area (Å²) in [5.74, 6) is 0. The molecule has 0 aliphatic rings. The molecule has 1 aromatic carbocycles. The lowest BCUT2D eigenvalue weighted by Gasteiger charge is -2.14. The van der Waals surface area contributed by atoms with Gasteiger partial charge in [-0.3, -0.25) is 0 Å². The van der Waals surface area contributed by atoms with Gasteiger partial charge in [0.1, 0.15) is 4.21 Å². The quantitative estimate of drug-likeness (QED) is 0.885. The first kappa shape index (κ1) is 15.5. The summed E-state index contributed by atoms with van der Waals surface area (Å²) < 4.78 is 27.4. The molecule has 0 amide bonds. The van der Waals surface area contributed by atoms with Crippen molar-refractivity contribution in [2.45, 2.75) is 23.7 Å². The largest absolute Gasteiger partial charge is 0.326 e. The lowest BCUT2D eigenvalue weighted by Crippen LogP contribution is -2.26. The number of rotatable bonds is 5. The van der Waals surface area contributed by atoms with Crippen LogP contribution in [0.5, 0.6) is 0 Å². The summed E-state index contributed by atoms with van der Waals surface area (Å²) in [5, 5.41) is 0.579. The first-order valence-electron chi connectivity index (χ1n) is 5.99. The fraction of sp³-hybridized carbons (Fsp3) is 0.231. The predicted molar refractivity (Wildman–Crippen MR) is 82.4 cm³/mol. The zero-order valence-electron chi connectivity index (χ0n) is 10.8. The first-order chi connectivity index (χ1) is 9.42. The van der Waals surface area contributed by atoms with Crippen LogP contribution >= 0.6 is 22.9 Å². The number of nitrogens with one attached hydrogen (secondary N) is 1. The minimum atomic E-state index is -3.54. The van der Waals surface area contributed by atoms with Gasteiger partial charge in [-0.1, -0.05) is 23.7 Å². The minimum absolute atomic E-state index is 0.270. The molecular formula is C13H15ClN2O2S2. The number of hydrogen-bond acceptors (Lipinski definition) is 4. The second kappa shape index (κ2) is 6.24. The van der Waals surface area contributed by atoms with Crippen LogP contribution in [0, 0.1) is 0 Å². The third kappa shape index (κ3) is 3.59. The minimum Gasteiger partial charge on any atom is -0.326 e. The molecule has 2 aromatic rings. The highest BCUT2D eigenvalue weighted by atomic mass is 35.5. The Hall–Kier alpha value is -0.920. The molecule has 3 N–H and O–H groups in total. The molecule has 1 aromatic heterocycles. The third-order valence-corrected chi connectivity index (χ3v) is 6.16. The number of hydrogen-bond donors (Lipinski definition) is 2. The summed E-state index contributed by atoms with van der Waals surface area (Å²) in [4.78, 5) is 0.834. The maximum atomic E-state index is 12.3. The van der Waals surface area contributed by atoms with Crippen molar-refractivity contribution in [2.24, 2.45) is 5.73 Å². The van der Waals surface area contributed by atoms with Gasteiger partial charge in [0.2, 0.25) is 0 Å². The standard InChI is InChI=1S/C13H15ClN2O2S2/c1-9(10-3-2-4-11(14)7-10)16-20(17,18)13-6-5-12(8-15)19-13/h2-7,9,16H,8,15H2,1H3. The maximum Gasteiger partial charge on any atom is 0.250 e. The highest BCUT2D eigenvalue weighted by Crippen LogP contribution is 2.24. The molecule has 108 valence electrons. The summed E-state index contributed by atoms with van der Waals surface area (Å²) in [6.07, 6.45) is 0. The van der Waals surface area contributed by atoms with Crippen LogP contribution in [0.15, 0.2) is 40.6 Å². The molecule has 1 unspecified atom stereocenters. The highest BCUT2D eigenvalue weighted by Gasteiger charge is 2.20. The topological polar surface area (TPSA) is 72.2 Å². The SMILES string of the molecule is CC(NS(=O)(=O)c1ccc(CN)s1)c1cccc(Cl)c1. The Bertz CT molecular complexity index is 698. The van der Waals surface area contributed by atoms with E-state index >= 15 is 0 Å². The monoisotopic (exact) mass is 330 g/mol. The van der Waals surface area contributed by atoms with E-state index in [1.807, 2.05) is 6.07 Å². The molecule has 2 rings (SSSR count). The number of benzene rings is 1. The van der Waals surface area contributed by atoms with Crippen LogP contribution in [0.2, 0.25) is 5.02 Å². The van der Waals surface area contributed by atoms with Crippen LogP contribution in [0.1, 0.15) is 23.4 Å². The molecule has 0 aliphatic heterocycles. The molecule has 0 fully saturated rings. The van der Waals surface area contributed by atoms with Crippen molar-refractivity contribution < 1.29 is 8.42 Å². The number of thiophene rings is 1. The van der Waals surface area contributed by atoms with Crippen LogP contribution < -0.4 is 10.5 Å². The van der Waals surface area contributed by atoms with Crippen molar-refractivity contribution in [2.75, 3.05) is 0 Å². The van der Waals surface area contributed by atoms with Crippen molar-refractivity contribution in [3.63, 3.8) is 0 Å². The molecule has 1 atom stereocenters. The van der Waals surface area contributed by atoms with E-state index in [9.17, 15) is 8.42 Å². The van der Waals surface area contributed by atoms with Gasteiger partial charge < -0.3 is 5.73 Å².